The summed E-state index contributed by atoms with van der Waals surface area (Å²) in [4.78, 5) is 48.6. The van der Waals surface area contributed by atoms with E-state index in [1.165, 1.54) is 19.3 Å². The summed E-state index contributed by atoms with van der Waals surface area (Å²) >= 11 is 6.81. The van der Waals surface area contributed by atoms with Gasteiger partial charge in [0.15, 0.2) is 0 Å². The zero-order valence-electron chi connectivity index (χ0n) is 25.5. The van der Waals surface area contributed by atoms with Crippen molar-refractivity contribution in [1.29, 1.82) is 0 Å². The molecular formula is C33H42Br2N6O4. The Kier molecular flexibility index (Phi) is 10.2. The summed E-state index contributed by atoms with van der Waals surface area (Å²) in [6, 6.07) is 10.9. The number of nitrogens with zero attached hydrogens (tertiary/aromatic N) is 4. The molecule has 3 saturated heterocycles. The summed E-state index contributed by atoms with van der Waals surface area (Å²) in [5.74, 6) is 0.0237. The van der Waals surface area contributed by atoms with E-state index in [4.69, 9.17) is 0 Å². The molecule has 0 bridgehead atoms. The summed E-state index contributed by atoms with van der Waals surface area (Å²) in [7, 11) is 0. The highest BCUT2D eigenvalue weighted by Gasteiger charge is 2.36. The smallest absolute Gasteiger partial charge is 0.322 e. The van der Waals surface area contributed by atoms with Crippen molar-refractivity contribution in [3.63, 3.8) is 0 Å². The Labute approximate surface area is 281 Å². The first-order chi connectivity index (χ1) is 21.8. The van der Waals surface area contributed by atoms with Crippen molar-refractivity contribution in [3.05, 3.63) is 56.5 Å². The number of phenolic OH excluding ortho intramolecular Hbond substituents is 1. The minimum Gasteiger partial charge on any atom is -0.506 e. The van der Waals surface area contributed by atoms with E-state index >= 15 is 0 Å². The second kappa shape index (κ2) is 14.3. The van der Waals surface area contributed by atoms with E-state index in [-0.39, 0.29) is 29.8 Å². The van der Waals surface area contributed by atoms with Gasteiger partial charge in [0.25, 0.3) is 0 Å². The van der Waals surface area contributed by atoms with Gasteiger partial charge in [-0.3, -0.25) is 9.69 Å². The van der Waals surface area contributed by atoms with Gasteiger partial charge in [-0.25, -0.2) is 9.59 Å². The lowest BCUT2D eigenvalue weighted by atomic mass is 9.98. The highest BCUT2D eigenvalue weighted by atomic mass is 79.9. The average Bonchev–Trinajstić information content (AvgIpc) is 3.07. The van der Waals surface area contributed by atoms with Crippen LogP contribution in [0.5, 0.6) is 5.75 Å². The van der Waals surface area contributed by atoms with Gasteiger partial charge in [-0.1, -0.05) is 24.6 Å². The molecule has 3 N–H and O–H groups in total. The lowest BCUT2D eigenvalue weighted by molar-refractivity contribution is -0.134. The number of hydrogen-bond donors (Lipinski definition) is 3. The summed E-state index contributed by atoms with van der Waals surface area (Å²) < 4.78 is 1.05. The van der Waals surface area contributed by atoms with Crippen molar-refractivity contribution in [2.24, 2.45) is 0 Å². The van der Waals surface area contributed by atoms with E-state index in [1.54, 1.807) is 17.0 Å². The predicted octanol–water partition coefficient (Wildman–Crippen LogP) is 5.21. The molecule has 2 aromatic carbocycles. The summed E-state index contributed by atoms with van der Waals surface area (Å²) in [5.41, 5.74) is 2.85. The molecule has 0 saturated carbocycles. The molecule has 12 heteroatoms. The number of benzene rings is 2. The van der Waals surface area contributed by atoms with Crippen LogP contribution >= 0.6 is 31.9 Å². The predicted molar refractivity (Wildman–Crippen MR) is 180 cm³/mol. The third kappa shape index (κ3) is 7.28. The van der Waals surface area contributed by atoms with Crippen LogP contribution < -0.4 is 15.5 Å². The van der Waals surface area contributed by atoms with Crippen molar-refractivity contribution in [1.82, 2.24) is 25.3 Å². The number of piperidine rings is 3. The number of nitrogens with one attached hydrogen (secondary N) is 2. The number of aromatic hydroxyl groups is 1. The van der Waals surface area contributed by atoms with Gasteiger partial charge in [-0.05, 0) is 113 Å². The van der Waals surface area contributed by atoms with E-state index in [0.29, 0.717) is 67.0 Å². The number of amides is 5. The van der Waals surface area contributed by atoms with Crippen molar-refractivity contribution in [3.8, 4) is 5.75 Å². The maximum atomic E-state index is 14.0. The van der Waals surface area contributed by atoms with Crippen LogP contribution in [-0.4, -0.2) is 95.2 Å². The number of likely N-dealkylation sites (tertiary alicyclic amines) is 3. The van der Waals surface area contributed by atoms with Crippen LogP contribution in [-0.2, 0) is 17.8 Å². The van der Waals surface area contributed by atoms with Crippen LogP contribution in [0.4, 0.5) is 15.3 Å². The Hall–Kier alpha value is -2.83. The first-order valence-corrected chi connectivity index (χ1v) is 17.8. The molecule has 45 heavy (non-hydrogen) atoms. The highest BCUT2D eigenvalue weighted by molar-refractivity contribution is 9.11. The Bertz CT molecular complexity index is 1380. The van der Waals surface area contributed by atoms with Crippen LogP contribution in [0.3, 0.4) is 0 Å². The molecule has 0 spiro atoms. The molecule has 242 valence electrons. The molecule has 4 aliphatic rings. The molecule has 4 aliphatic heterocycles. The van der Waals surface area contributed by atoms with Crippen molar-refractivity contribution in [2.75, 3.05) is 44.2 Å². The Morgan fingerprint density at radius 1 is 0.889 bits per heavy atom. The van der Waals surface area contributed by atoms with Crippen LogP contribution in [0.25, 0.3) is 0 Å². The fraction of sp³-hybridized carbons (Fsp3) is 0.545. The zero-order chi connectivity index (χ0) is 31.5. The van der Waals surface area contributed by atoms with Crippen LogP contribution in [0.1, 0.15) is 56.1 Å². The van der Waals surface area contributed by atoms with E-state index < -0.39 is 6.04 Å². The molecule has 2 aromatic rings. The summed E-state index contributed by atoms with van der Waals surface area (Å²) in [6.07, 6.45) is 7.30. The molecule has 5 amide bonds. The number of anilines is 1. The van der Waals surface area contributed by atoms with Gasteiger partial charge in [-0.2, -0.15) is 0 Å². The van der Waals surface area contributed by atoms with Crippen molar-refractivity contribution in [2.45, 2.75) is 76.0 Å². The normalized spacial score (nSPS) is 20.8. The second-order valence-electron chi connectivity index (χ2n) is 12.6. The molecule has 1 atom stereocenters. The molecule has 4 heterocycles. The van der Waals surface area contributed by atoms with Gasteiger partial charge in [0, 0.05) is 51.2 Å². The maximum absolute atomic E-state index is 14.0. The third-order valence-corrected chi connectivity index (χ3v) is 11.0. The lowest BCUT2D eigenvalue weighted by Crippen LogP contribution is -2.58. The van der Waals surface area contributed by atoms with Crippen molar-refractivity contribution < 1.29 is 19.5 Å². The van der Waals surface area contributed by atoms with Gasteiger partial charge in [0.05, 0.1) is 14.6 Å². The number of hydrogen-bond acceptors (Lipinski definition) is 5. The van der Waals surface area contributed by atoms with Gasteiger partial charge in [-0.15, -0.1) is 0 Å². The maximum Gasteiger partial charge on any atom is 0.322 e. The van der Waals surface area contributed by atoms with Gasteiger partial charge >= 0.3 is 12.1 Å². The minimum atomic E-state index is -0.746. The molecule has 6 rings (SSSR count). The summed E-state index contributed by atoms with van der Waals surface area (Å²) in [5, 5.41) is 16.3. The van der Waals surface area contributed by atoms with Crippen LogP contribution in [0, 0.1) is 0 Å². The molecular weight excluding hydrogens is 704 g/mol. The van der Waals surface area contributed by atoms with E-state index in [2.05, 4.69) is 47.4 Å². The number of fused-ring (bicyclic) bond motifs is 1. The first-order valence-electron chi connectivity index (χ1n) is 16.2. The van der Waals surface area contributed by atoms with E-state index in [1.807, 2.05) is 34.1 Å². The molecule has 0 radical (unpaired) electrons. The number of rotatable bonds is 6. The number of phenols is 1. The standard InChI is InChI=1S/C33H42Br2N6O4/c34-26-18-22(19-27(35)30(26)42)20-28(31(43)39-14-8-24(9-15-39)38-12-4-1-5-13-38)37-33(45)40-16-10-25(11-17-40)41-29-7-3-2-6-23(29)21-36-32(41)44/h2-3,6-7,18-19,24-25,28,42H,1,4-5,8-17,20-21H2,(H,36,44)(H,37,45)/t28-/m1/s1. The second-order valence-corrected chi connectivity index (χ2v) is 14.4. The van der Waals surface area contributed by atoms with Crippen LogP contribution in [0.2, 0.25) is 0 Å². The Balaban J connectivity index is 1.11. The van der Waals surface area contributed by atoms with Gasteiger partial charge in [0.2, 0.25) is 5.91 Å². The van der Waals surface area contributed by atoms with Crippen molar-refractivity contribution >= 4 is 55.5 Å². The number of para-hydroxylation sites is 1. The van der Waals surface area contributed by atoms with Crippen LogP contribution in [0.15, 0.2) is 45.3 Å². The third-order valence-electron chi connectivity index (χ3n) is 9.81. The highest BCUT2D eigenvalue weighted by Crippen LogP contribution is 2.34. The summed E-state index contributed by atoms with van der Waals surface area (Å²) in [6.45, 7) is 5.15. The zero-order valence-corrected chi connectivity index (χ0v) is 28.7. The first kappa shape index (κ1) is 32.1. The Morgan fingerprint density at radius 2 is 1.51 bits per heavy atom. The topological polar surface area (TPSA) is 108 Å². The number of halogens is 2. The number of urea groups is 2. The van der Waals surface area contributed by atoms with Gasteiger partial charge < -0.3 is 30.4 Å². The monoisotopic (exact) mass is 744 g/mol. The fourth-order valence-corrected chi connectivity index (χ4v) is 8.60. The fourth-order valence-electron chi connectivity index (χ4n) is 7.32. The van der Waals surface area contributed by atoms with E-state index in [9.17, 15) is 19.5 Å². The number of carbonyl (C=O) groups is 3. The van der Waals surface area contributed by atoms with E-state index in [0.717, 1.165) is 42.7 Å². The quantitative estimate of drug-likeness (QED) is 0.377. The molecule has 3 fully saturated rings. The Morgan fingerprint density at radius 3 is 2.20 bits per heavy atom. The molecule has 10 nitrogen and oxygen atoms in total. The minimum absolute atomic E-state index is 0.0131. The van der Waals surface area contributed by atoms with Gasteiger partial charge in [0.1, 0.15) is 11.8 Å². The SMILES string of the molecule is O=C(N[C@H](Cc1cc(Br)c(O)c(Br)c1)C(=O)N1CCC(N2CCCCC2)CC1)N1CCC(N2C(=O)NCc3ccccc32)CC1. The lowest BCUT2D eigenvalue weighted by Gasteiger charge is -2.42. The molecule has 0 aromatic heterocycles. The average molecular weight is 747 g/mol. The molecule has 0 aliphatic carbocycles. The number of carbonyl (C=O) groups excluding carboxylic acids is 3. The largest absolute Gasteiger partial charge is 0.506 e. The molecule has 0 unspecified atom stereocenters.